The summed E-state index contributed by atoms with van der Waals surface area (Å²) < 4.78 is 4.83. The SMILES string of the molecule is CN[C@@H](CSC1CCOC1=O)C(C)=O. The van der Waals surface area contributed by atoms with Crippen LogP contribution in [0.15, 0.2) is 0 Å². The Labute approximate surface area is 87.8 Å². The Morgan fingerprint density at radius 2 is 2.50 bits per heavy atom. The average molecular weight is 217 g/mol. The van der Waals surface area contributed by atoms with Crippen molar-refractivity contribution in [2.45, 2.75) is 24.6 Å². The molecule has 80 valence electrons. The normalized spacial score (nSPS) is 23.3. The van der Waals surface area contributed by atoms with Crippen LogP contribution in [0, 0.1) is 0 Å². The topological polar surface area (TPSA) is 55.4 Å². The molecule has 1 saturated heterocycles. The van der Waals surface area contributed by atoms with E-state index in [0.29, 0.717) is 12.4 Å². The van der Waals surface area contributed by atoms with Gasteiger partial charge in [0.1, 0.15) is 11.0 Å². The fourth-order valence-corrected chi connectivity index (χ4v) is 2.54. The fraction of sp³-hybridized carbons (Fsp3) is 0.778. The number of carbonyl (C=O) groups is 2. The van der Waals surface area contributed by atoms with Gasteiger partial charge in [0, 0.05) is 12.2 Å². The van der Waals surface area contributed by atoms with Crippen molar-refractivity contribution >= 4 is 23.5 Å². The van der Waals surface area contributed by atoms with Crippen molar-refractivity contribution in [3.63, 3.8) is 0 Å². The van der Waals surface area contributed by atoms with Gasteiger partial charge < -0.3 is 10.1 Å². The summed E-state index contributed by atoms with van der Waals surface area (Å²) in [6.45, 7) is 2.06. The molecule has 0 spiro atoms. The molecule has 0 aromatic heterocycles. The van der Waals surface area contributed by atoms with E-state index >= 15 is 0 Å². The molecule has 1 aliphatic rings. The minimum absolute atomic E-state index is 0.0785. The van der Waals surface area contributed by atoms with E-state index in [-0.39, 0.29) is 23.0 Å². The fourth-order valence-electron chi connectivity index (χ4n) is 1.25. The number of likely N-dealkylation sites (N-methyl/N-ethyl adjacent to an activating group) is 1. The van der Waals surface area contributed by atoms with Gasteiger partial charge in [-0.15, -0.1) is 11.8 Å². The standard InChI is InChI=1S/C9H15NO3S/c1-6(11)7(10-2)5-14-8-3-4-13-9(8)12/h7-8,10H,3-5H2,1-2H3/t7-,8?/m0/s1. The first-order valence-corrected chi connectivity index (χ1v) is 5.66. The third kappa shape index (κ3) is 2.99. The molecule has 1 N–H and O–H groups in total. The van der Waals surface area contributed by atoms with Gasteiger partial charge in [-0.2, -0.15) is 0 Å². The Kier molecular flexibility index (Phi) is 4.41. The van der Waals surface area contributed by atoms with Gasteiger partial charge in [-0.1, -0.05) is 0 Å². The van der Waals surface area contributed by atoms with Crippen LogP contribution in [0.5, 0.6) is 0 Å². The summed E-state index contributed by atoms with van der Waals surface area (Å²) >= 11 is 1.50. The predicted octanol–water partition coefficient (Wildman–Crippen LogP) is 0.212. The van der Waals surface area contributed by atoms with Gasteiger partial charge in [0.2, 0.25) is 0 Å². The zero-order chi connectivity index (χ0) is 10.6. The lowest BCUT2D eigenvalue weighted by molar-refractivity contribution is -0.137. The van der Waals surface area contributed by atoms with E-state index in [1.807, 2.05) is 0 Å². The minimum atomic E-state index is -0.159. The van der Waals surface area contributed by atoms with E-state index in [1.54, 1.807) is 14.0 Å². The van der Waals surface area contributed by atoms with Gasteiger partial charge in [-0.3, -0.25) is 9.59 Å². The molecule has 4 nitrogen and oxygen atoms in total. The van der Waals surface area contributed by atoms with Crippen molar-refractivity contribution in [1.82, 2.24) is 5.32 Å². The largest absolute Gasteiger partial charge is 0.465 e. The van der Waals surface area contributed by atoms with Crippen LogP contribution in [0.1, 0.15) is 13.3 Å². The van der Waals surface area contributed by atoms with Crippen LogP contribution >= 0.6 is 11.8 Å². The zero-order valence-corrected chi connectivity index (χ0v) is 9.23. The first-order valence-electron chi connectivity index (χ1n) is 4.61. The number of cyclic esters (lactones) is 1. The first-order chi connectivity index (χ1) is 6.65. The molecule has 0 amide bonds. The second-order valence-corrected chi connectivity index (χ2v) is 4.47. The summed E-state index contributed by atoms with van der Waals surface area (Å²) in [6.07, 6.45) is 0.762. The van der Waals surface area contributed by atoms with Crippen LogP contribution in [-0.2, 0) is 14.3 Å². The Bertz CT molecular complexity index is 230. The van der Waals surface area contributed by atoms with E-state index in [4.69, 9.17) is 4.74 Å². The number of hydrogen-bond donors (Lipinski definition) is 1. The molecule has 0 radical (unpaired) electrons. The van der Waals surface area contributed by atoms with Crippen LogP contribution in [-0.4, -0.2) is 42.5 Å². The molecule has 1 aliphatic heterocycles. The highest BCUT2D eigenvalue weighted by molar-refractivity contribution is 8.00. The van der Waals surface area contributed by atoms with Crippen LogP contribution in [0.3, 0.4) is 0 Å². The molecule has 0 aromatic carbocycles. The summed E-state index contributed by atoms with van der Waals surface area (Å²) in [6, 6.07) is -0.159. The monoisotopic (exact) mass is 217 g/mol. The van der Waals surface area contributed by atoms with Gasteiger partial charge in [0.05, 0.1) is 12.6 Å². The number of thioether (sulfide) groups is 1. The molecule has 1 heterocycles. The lowest BCUT2D eigenvalue weighted by atomic mass is 10.2. The smallest absolute Gasteiger partial charge is 0.319 e. The van der Waals surface area contributed by atoms with Crippen LogP contribution in [0.2, 0.25) is 0 Å². The summed E-state index contributed by atoms with van der Waals surface area (Å²) in [5, 5.41) is 2.84. The number of ether oxygens (including phenoxy) is 1. The third-order valence-corrected chi connectivity index (χ3v) is 3.55. The maximum absolute atomic E-state index is 11.1. The van der Waals surface area contributed by atoms with Crippen molar-refractivity contribution in [3.05, 3.63) is 0 Å². The molecule has 0 aromatic rings. The van der Waals surface area contributed by atoms with Gasteiger partial charge in [0.25, 0.3) is 0 Å². The number of rotatable bonds is 5. The van der Waals surface area contributed by atoms with E-state index < -0.39 is 0 Å². The van der Waals surface area contributed by atoms with Gasteiger partial charge in [0.15, 0.2) is 0 Å². The summed E-state index contributed by atoms with van der Waals surface area (Å²) in [4.78, 5) is 22.2. The molecule has 0 aliphatic carbocycles. The second kappa shape index (κ2) is 5.36. The van der Waals surface area contributed by atoms with Crippen molar-refractivity contribution in [1.29, 1.82) is 0 Å². The lowest BCUT2D eigenvalue weighted by Crippen LogP contribution is -2.35. The lowest BCUT2D eigenvalue weighted by Gasteiger charge is -2.13. The number of carbonyl (C=O) groups excluding carboxylic acids is 2. The highest BCUT2D eigenvalue weighted by Crippen LogP contribution is 2.22. The molecule has 0 bridgehead atoms. The van der Waals surface area contributed by atoms with Crippen LogP contribution in [0.25, 0.3) is 0 Å². The predicted molar refractivity (Wildman–Crippen MR) is 55.4 cm³/mol. The zero-order valence-electron chi connectivity index (χ0n) is 8.41. The van der Waals surface area contributed by atoms with Crippen molar-refractivity contribution < 1.29 is 14.3 Å². The maximum Gasteiger partial charge on any atom is 0.319 e. The summed E-state index contributed by atoms with van der Waals surface area (Å²) in [5.74, 6) is 0.589. The molecular weight excluding hydrogens is 202 g/mol. The Hall–Kier alpha value is -0.550. The Morgan fingerprint density at radius 3 is 2.93 bits per heavy atom. The second-order valence-electron chi connectivity index (χ2n) is 3.23. The number of hydrogen-bond acceptors (Lipinski definition) is 5. The van der Waals surface area contributed by atoms with E-state index in [1.165, 1.54) is 11.8 Å². The molecule has 5 heteroatoms. The average Bonchev–Trinajstić information content (AvgIpc) is 2.52. The number of nitrogens with one attached hydrogen (secondary N) is 1. The molecule has 1 unspecified atom stereocenters. The summed E-state index contributed by atoms with van der Waals surface area (Å²) in [7, 11) is 1.75. The van der Waals surface area contributed by atoms with Crippen LogP contribution in [0.4, 0.5) is 0 Å². The van der Waals surface area contributed by atoms with Gasteiger partial charge in [-0.05, 0) is 14.0 Å². The Balaban J connectivity index is 2.31. The molecule has 1 rings (SSSR count). The van der Waals surface area contributed by atoms with Crippen molar-refractivity contribution in [2.75, 3.05) is 19.4 Å². The summed E-state index contributed by atoms with van der Waals surface area (Å²) in [5.41, 5.74) is 0. The van der Waals surface area contributed by atoms with E-state index in [0.717, 1.165) is 6.42 Å². The Morgan fingerprint density at radius 1 is 1.79 bits per heavy atom. The number of ketones is 1. The molecule has 0 saturated carbocycles. The van der Waals surface area contributed by atoms with Crippen LogP contribution < -0.4 is 5.32 Å². The van der Waals surface area contributed by atoms with Crippen molar-refractivity contribution in [3.8, 4) is 0 Å². The highest BCUT2D eigenvalue weighted by atomic mass is 32.2. The van der Waals surface area contributed by atoms with Crippen molar-refractivity contribution in [2.24, 2.45) is 0 Å². The molecule has 2 atom stereocenters. The molecule has 14 heavy (non-hydrogen) atoms. The number of Topliss-reactive ketones (excluding diaryl/α,β-unsaturated/α-hetero) is 1. The van der Waals surface area contributed by atoms with E-state index in [2.05, 4.69) is 5.32 Å². The van der Waals surface area contributed by atoms with E-state index in [9.17, 15) is 9.59 Å². The first kappa shape index (κ1) is 11.5. The maximum atomic E-state index is 11.1. The third-order valence-electron chi connectivity index (χ3n) is 2.19. The highest BCUT2D eigenvalue weighted by Gasteiger charge is 2.28. The minimum Gasteiger partial charge on any atom is -0.465 e. The van der Waals surface area contributed by atoms with Gasteiger partial charge >= 0.3 is 5.97 Å². The van der Waals surface area contributed by atoms with Gasteiger partial charge in [-0.25, -0.2) is 0 Å². The number of esters is 1. The molecule has 1 fully saturated rings. The molecular formula is C9H15NO3S. The quantitative estimate of drug-likeness (QED) is 0.667.